The van der Waals surface area contributed by atoms with Crippen LogP contribution in [0.4, 0.5) is 15.3 Å². The van der Waals surface area contributed by atoms with E-state index in [1.54, 1.807) is 31.9 Å². The van der Waals surface area contributed by atoms with E-state index in [9.17, 15) is 9.59 Å². The number of anilines is 1. The number of cyclic esters (lactones) is 1. The van der Waals surface area contributed by atoms with Crippen LogP contribution in [-0.2, 0) is 22.3 Å². The van der Waals surface area contributed by atoms with E-state index in [1.807, 2.05) is 24.3 Å². The largest absolute Gasteiger partial charge is 0.444 e. The fourth-order valence-electron chi connectivity index (χ4n) is 4.37. The number of aryl methyl sites for hydroxylation is 1. The second-order valence-electron chi connectivity index (χ2n) is 9.50. The topological polar surface area (TPSA) is 123 Å². The molecule has 0 spiro atoms. The molecule has 1 aromatic carbocycles. The van der Waals surface area contributed by atoms with E-state index in [2.05, 4.69) is 20.7 Å². The number of H-pyrrole nitrogens is 1. The van der Waals surface area contributed by atoms with Gasteiger partial charge in [0.2, 0.25) is 0 Å². The third kappa shape index (κ3) is 4.35. The standard InChI is InChI=1S/C24H27N5O5/c1-24(2,3)33-22(30)25-12-16-13-29(23(31)32-16)15-7-8-17-14(11-15)5-4-6-18-20(17)27-28-21(18)19-9-10-26-34-19/h7-11,16H,4-6,12-13H2,1-3H3,(H,25,30)(H,27,28)/t16-/m0/s1. The lowest BCUT2D eigenvalue weighted by Crippen LogP contribution is -2.38. The summed E-state index contributed by atoms with van der Waals surface area (Å²) in [6.07, 6.45) is 2.85. The van der Waals surface area contributed by atoms with Gasteiger partial charge in [-0.15, -0.1) is 0 Å². The Morgan fingerprint density at radius 2 is 2.15 bits per heavy atom. The fraction of sp³-hybridized carbons (Fsp3) is 0.417. The number of fused-ring (bicyclic) bond motifs is 3. The number of amides is 2. The average molecular weight is 466 g/mol. The molecule has 1 atom stereocenters. The van der Waals surface area contributed by atoms with Crippen LogP contribution in [0.15, 0.2) is 35.0 Å². The molecule has 0 radical (unpaired) electrons. The highest BCUT2D eigenvalue weighted by Crippen LogP contribution is 2.38. The minimum Gasteiger partial charge on any atom is -0.444 e. The Balaban J connectivity index is 1.32. The van der Waals surface area contributed by atoms with Crippen molar-refractivity contribution < 1.29 is 23.6 Å². The minimum absolute atomic E-state index is 0.184. The van der Waals surface area contributed by atoms with Crippen LogP contribution in [0.5, 0.6) is 0 Å². The molecule has 1 saturated heterocycles. The molecule has 2 aliphatic rings. The molecule has 34 heavy (non-hydrogen) atoms. The molecule has 3 heterocycles. The number of alkyl carbamates (subject to hydrolysis) is 1. The van der Waals surface area contributed by atoms with Crippen molar-refractivity contribution in [1.29, 1.82) is 0 Å². The first-order chi connectivity index (χ1) is 16.3. The van der Waals surface area contributed by atoms with Crippen LogP contribution >= 0.6 is 0 Å². The molecule has 10 heteroatoms. The second-order valence-corrected chi connectivity index (χ2v) is 9.50. The molecule has 0 saturated carbocycles. The third-order valence-corrected chi connectivity index (χ3v) is 5.83. The lowest BCUT2D eigenvalue weighted by atomic mass is 10.0. The SMILES string of the molecule is CC(C)(C)OC(=O)NC[C@H]1CN(c2ccc3c(c2)CCCc2c-3n[nH]c2-c2ccno2)C(=O)O1. The molecule has 1 aliphatic carbocycles. The lowest BCUT2D eigenvalue weighted by molar-refractivity contribution is 0.0496. The first kappa shape index (κ1) is 22.0. The molecule has 0 unspecified atom stereocenters. The van der Waals surface area contributed by atoms with E-state index < -0.39 is 23.9 Å². The molecular weight excluding hydrogens is 438 g/mol. The molecule has 1 aliphatic heterocycles. The van der Waals surface area contributed by atoms with Crippen molar-refractivity contribution >= 4 is 17.9 Å². The molecule has 178 valence electrons. The van der Waals surface area contributed by atoms with E-state index in [0.29, 0.717) is 12.3 Å². The van der Waals surface area contributed by atoms with Gasteiger partial charge in [-0.1, -0.05) is 11.2 Å². The van der Waals surface area contributed by atoms with Crippen molar-refractivity contribution in [2.75, 3.05) is 18.0 Å². The number of nitrogens with one attached hydrogen (secondary N) is 2. The van der Waals surface area contributed by atoms with Crippen molar-refractivity contribution in [2.45, 2.75) is 51.7 Å². The monoisotopic (exact) mass is 465 g/mol. The van der Waals surface area contributed by atoms with Crippen LogP contribution < -0.4 is 10.2 Å². The summed E-state index contributed by atoms with van der Waals surface area (Å²) in [6.45, 7) is 5.91. The number of hydrogen-bond acceptors (Lipinski definition) is 7. The molecule has 2 N–H and O–H groups in total. The number of nitrogens with zero attached hydrogens (tertiary/aromatic N) is 3. The Morgan fingerprint density at radius 3 is 2.91 bits per heavy atom. The van der Waals surface area contributed by atoms with Gasteiger partial charge in [-0.2, -0.15) is 5.10 Å². The first-order valence-corrected chi connectivity index (χ1v) is 11.3. The third-order valence-electron chi connectivity index (χ3n) is 5.83. The molecule has 2 aromatic heterocycles. The maximum Gasteiger partial charge on any atom is 0.414 e. The molecule has 0 bridgehead atoms. The van der Waals surface area contributed by atoms with Crippen molar-refractivity contribution in [3.8, 4) is 22.7 Å². The molecule has 10 nitrogen and oxygen atoms in total. The number of carbonyl (C=O) groups is 2. The van der Waals surface area contributed by atoms with Crippen LogP contribution in [0.3, 0.4) is 0 Å². The number of aromatic amines is 1. The van der Waals surface area contributed by atoms with Gasteiger partial charge in [-0.05, 0) is 57.7 Å². The van der Waals surface area contributed by atoms with Crippen molar-refractivity contribution in [3.05, 3.63) is 41.6 Å². The maximum atomic E-state index is 12.6. The predicted octanol–water partition coefficient (Wildman–Crippen LogP) is 4.07. The molecule has 3 aromatic rings. The van der Waals surface area contributed by atoms with E-state index in [-0.39, 0.29) is 6.54 Å². The Labute approximate surface area is 196 Å². The highest BCUT2D eigenvalue weighted by Gasteiger charge is 2.33. The minimum atomic E-state index is -0.589. The molecule has 5 rings (SSSR count). The zero-order valence-corrected chi connectivity index (χ0v) is 19.4. The van der Waals surface area contributed by atoms with Crippen LogP contribution in [0.2, 0.25) is 0 Å². The zero-order chi connectivity index (χ0) is 23.9. The zero-order valence-electron chi connectivity index (χ0n) is 19.4. The van der Waals surface area contributed by atoms with Gasteiger partial charge >= 0.3 is 12.2 Å². The second kappa shape index (κ2) is 8.51. The fourth-order valence-corrected chi connectivity index (χ4v) is 4.37. The summed E-state index contributed by atoms with van der Waals surface area (Å²) >= 11 is 0. The van der Waals surface area contributed by atoms with E-state index in [0.717, 1.165) is 53.0 Å². The van der Waals surface area contributed by atoms with Crippen molar-refractivity contribution in [3.63, 3.8) is 0 Å². The average Bonchev–Trinajstić information content (AvgIpc) is 3.49. The van der Waals surface area contributed by atoms with Gasteiger partial charge in [-0.25, -0.2) is 9.59 Å². The molecule has 1 fully saturated rings. The van der Waals surface area contributed by atoms with Crippen molar-refractivity contribution in [1.82, 2.24) is 20.7 Å². The van der Waals surface area contributed by atoms with Crippen LogP contribution in [0.25, 0.3) is 22.7 Å². The van der Waals surface area contributed by atoms with E-state index in [4.69, 9.17) is 14.0 Å². The van der Waals surface area contributed by atoms with E-state index in [1.165, 1.54) is 0 Å². The van der Waals surface area contributed by atoms with Crippen molar-refractivity contribution in [2.24, 2.45) is 0 Å². The summed E-state index contributed by atoms with van der Waals surface area (Å²) < 4.78 is 16.0. The highest BCUT2D eigenvalue weighted by atomic mass is 16.6. The Morgan fingerprint density at radius 1 is 1.29 bits per heavy atom. The summed E-state index contributed by atoms with van der Waals surface area (Å²) in [4.78, 5) is 26.1. The van der Waals surface area contributed by atoms with Crippen LogP contribution in [0.1, 0.15) is 38.3 Å². The normalized spacial score (nSPS) is 17.6. The van der Waals surface area contributed by atoms with Gasteiger partial charge < -0.3 is 19.3 Å². The number of aromatic nitrogens is 3. The van der Waals surface area contributed by atoms with Crippen LogP contribution in [-0.4, -0.2) is 52.3 Å². The first-order valence-electron chi connectivity index (χ1n) is 11.3. The Bertz CT molecular complexity index is 1210. The van der Waals surface area contributed by atoms with Gasteiger partial charge in [0, 0.05) is 22.9 Å². The van der Waals surface area contributed by atoms with Gasteiger partial charge in [0.05, 0.1) is 25.0 Å². The molecular formula is C24H27N5O5. The van der Waals surface area contributed by atoms with Gasteiger partial charge in [-0.3, -0.25) is 10.00 Å². The quantitative estimate of drug-likeness (QED) is 0.595. The summed E-state index contributed by atoms with van der Waals surface area (Å²) in [7, 11) is 0. The van der Waals surface area contributed by atoms with Gasteiger partial charge in [0.15, 0.2) is 5.76 Å². The smallest absolute Gasteiger partial charge is 0.414 e. The molecule has 2 amide bonds. The summed E-state index contributed by atoms with van der Waals surface area (Å²) in [5.41, 5.74) is 5.19. The number of ether oxygens (including phenoxy) is 2. The van der Waals surface area contributed by atoms with E-state index >= 15 is 0 Å². The van der Waals surface area contributed by atoms with Gasteiger partial charge in [0.25, 0.3) is 0 Å². The van der Waals surface area contributed by atoms with Gasteiger partial charge in [0.1, 0.15) is 17.4 Å². The predicted molar refractivity (Wildman–Crippen MR) is 123 cm³/mol. The van der Waals surface area contributed by atoms with Crippen LogP contribution in [0, 0.1) is 0 Å². The number of rotatable bonds is 4. The summed E-state index contributed by atoms with van der Waals surface area (Å²) in [5, 5.41) is 14.1. The summed E-state index contributed by atoms with van der Waals surface area (Å²) in [5.74, 6) is 0.666. The Hall–Kier alpha value is -3.82. The number of carbonyl (C=O) groups excluding carboxylic acids is 2. The highest BCUT2D eigenvalue weighted by molar-refractivity contribution is 5.90. The number of hydrogen-bond donors (Lipinski definition) is 2. The number of benzene rings is 1. The Kier molecular flexibility index (Phi) is 5.51. The lowest BCUT2D eigenvalue weighted by Gasteiger charge is -2.20. The maximum absolute atomic E-state index is 12.6. The summed E-state index contributed by atoms with van der Waals surface area (Å²) in [6, 6.07) is 7.75.